The van der Waals surface area contributed by atoms with Gasteiger partial charge in [0.25, 0.3) is 0 Å². The first-order valence-electron chi connectivity index (χ1n) is 2.64. The van der Waals surface area contributed by atoms with Gasteiger partial charge in [-0.3, -0.25) is 0 Å². The second-order valence-electron chi connectivity index (χ2n) is 2.14. The van der Waals surface area contributed by atoms with Crippen LogP contribution >= 0.6 is 0 Å². The smallest absolute Gasteiger partial charge is 0.189 e. The maximum Gasteiger partial charge on any atom is 0.460 e. The Hall–Kier alpha value is 0.0662. The van der Waals surface area contributed by atoms with Crippen molar-refractivity contribution in [3.05, 3.63) is 0 Å². The average molecular weight is 262 g/mol. The van der Waals surface area contributed by atoms with Crippen LogP contribution in [0.2, 0.25) is 0 Å². The van der Waals surface area contributed by atoms with E-state index in [-0.39, 0.29) is 23.1 Å². The minimum atomic E-state index is -7.14. The predicted molar refractivity (Wildman–Crippen MR) is 27.8 cm³/mol. The average Bonchev–Trinajstić information content (AvgIpc) is 1.81. The van der Waals surface area contributed by atoms with E-state index >= 15 is 0 Å². The van der Waals surface area contributed by atoms with Gasteiger partial charge in [0.05, 0.1) is 0 Å². The Bertz CT molecular complexity index is 186. The third-order valence-corrected chi connectivity index (χ3v) is 1.11. The molecule has 0 aliphatic heterocycles. The first-order chi connectivity index (χ1) is 5.75. The van der Waals surface area contributed by atoms with Gasteiger partial charge in [-0.05, 0) is 0 Å². The molecule has 0 heterocycles. The highest BCUT2D eigenvalue weighted by molar-refractivity contribution is 5.75. The van der Waals surface area contributed by atoms with E-state index in [1.54, 1.807) is 0 Å². The summed E-state index contributed by atoms with van der Waals surface area (Å²) in [5.41, 5.74) is 0. The van der Waals surface area contributed by atoms with Gasteiger partial charge in [0.2, 0.25) is 0 Å². The molecule has 0 fully saturated rings. The zero-order valence-corrected chi connectivity index (χ0v) is 7.90. The molecule has 0 saturated carbocycles. The minimum Gasteiger partial charge on any atom is -0.189 e. The summed E-state index contributed by atoms with van der Waals surface area (Å²) in [5.74, 6) is -14.3. The van der Waals surface area contributed by atoms with Crippen LogP contribution in [-0.2, 0) is 0 Å². The van der Waals surface area contributed by atoms with Crippen LogP contribution in [0, 0.1) is 0 Å². The third-order valence-electron chi connectivity index (χ3n) is 1.11. The zero-order valence-electron chi connectivity index (χ0n) is 6.49. The molecule has 0 aliphatic carbocycles. The summed E-state index contributed by atoms with van der Waals surface area (Å²) < 4.78 is 113. The van der Waals surface area contributed by atoms with E-state index in [4.69, 9.17) is 0 Å². The Morgan fingerprint density at radius 3 is 0.600 bits per heavy atom. The molecule has 0 aromatic heterocycles. The highest BCUT2D eigenvalue weighted by Crippen LogP contribution is 2.53. The lowest BCUT2D eigenvalue weighted by Gasteiger charge is -2.29. The van der Waals surface area contributed by atoms with Gasteiger partial charge in [0, 0.05) is 23.1 Å². The third kappa shape index (κ3) is 2.80. The first kappa shape index (κ1) is 17.5. The maximum atomic E-state index is 11.6. The summed E-state index contributed by atoms with van der Waals surface area (Å²) in [6.45, 7) is 0. The highest BCUT2D eigenvalue weighted by atomic mass is 24.3. The van der Waals surface area contributed by atoms with Gasteiger partial charge < -0.3 is 0 Å². The molecule has 0 nitrogen and oxygen atoms in total. The molecule has 11 heteroatoms. The van der Waals surface area contributed by atoms with Crippen LogP contribution < -0.4 is 0 Å². The van der Waals surface area contributed by atoms with Gasteiger partial charge in [-0.25, -0.2) is 0 Å². The molecule has 0 aromatic rings. The predicted octanol–water partition coefficient (Wildman–Crippen LogP) is 3.00. The fourth-order valence-corrected chi connectivity index (χ4v) is 0.356. The van der Waals surface area contributed by atoms with Gasteiger partial charge in [-0.1, -0.05) is 0 Å². The van der Waals surface area contributed by atoms with E-state index in [1.807, 2.05) is 0 Å². The van der Waals surface area contributed by atoms with E-state index in [1.165, 1.54) is 0 Å². The summed E-state index contributed by atoms with van der Waals surface area (Å²) in [6.07, 6.45) is -13.9. The van der Waals surface area contributed by atoms with Crippen molar-refractivity contribution in [1.29, 1.82) is 0 Å². The van der Waals surface area contributed by atoms with E-state index in [2.05, 4.69) is 0 Å². The molecule has 0 spiro atoms. The topological polar surface area (TPSA) is 0 Å². The molecule has 0 bridgehead atoms. The van der Waals surface area contributed by atoms with E-state index in [9.17, 15) is 43.9 Å². The number of hydrogen-bond donors (Lipinski definition) is 0. The molecule has 0 N–H and O–H groups in total. The standard InChI is InChI=1S/C4F10.Mg/c5-1(6,3(9,10)11)2(7,8)4(12,13)14;. The van der Waals surface area contributed by atoms with Crippen molar-refractivity contribution < 1.29 is 43.9 Å². The molecule has 0 rings (SSSR count). The summed E-state index contributed by atoms with van der Waals surface area (Å²) in [7, 11) is 0. The maximum absolute atomic E-state index is 11.6. The molecule has 0 saturated heterocycles. The molecule has 0 amide bonds. The SMILES string of the molecule is FC(F)(F)C(F)(F)C(F)(F)C(F)(F)F.[Mg]. The molecule has 0 aliphatic rings. The van der Waals surface area contributed by atoms with Crippen LogP contribution in [-0.4, -0.2) is 47.3 Å². The van der Waals surface area contributed by atoms with Crippen LogP contribution in [0.4, 0.5) is 43.9 Å². The largest absolute Gasteiger partial charge is 0.460 e. The lowest BCUT2D eigenvalue weighted by molar-refractivity contribution is -0.419. The fourth-order valence-electron chi connectivity index (χ4n) is 0.356. The molecule has 0 unspecified atom stereocenters. The van der Waals surface area contributed by atoms with E-state index in [0.717, 1.165) is 0 Å². The Balaban J connectivity index is 0. The van der Waals surface area contributed by atoms with Crippen LogP contribution in [0.5, 0.6) is 0 Å². The number of halogens is 10. The second kappa shape index (κ2) is 4.15. The molecule has 15 heavy (non-hydrogen) atoms. The molecular formula is C4F10Mg. The lowest BCUT2D eigenvalue weighted by atomic mass is 10.1. The minimum absolute atomic E-state index is 0. The van der Waals surface area contributed by atoms with Crippen molar-refractivity contribution in [2.24, 2.45) is 0 Å². The van der Waals surface area contributed by atoms with Gasteiger partial charge in [0.15, 0.2) is 0 Å². The second-order valence-corrected chi connectivity index (χ2v) is 2.14. The summed E-state index contributed by atoms with van der Waals surface area (Å²) in [6, 6.07) is 0. The molecule has 2 radical (unpaired) electrons. The zero-order chi connectivity index (χ0) is 12.0. The van der Waals surface area contributed by atoms with Gasteiger partial charge >= 0.3 is 24.2 Å². The van der Waals surface area contributed by atoms with Crippen molar-refractivity contribution in [3.63, 3.8) is 0 Å². The van der Waals surface area contributed by atoms with E-state index < -0.39 is 24.2 Å². The Kier molecular flexibility index (Phi) is 4.83. The summed E-state index contributed by atoms with van der Waals surface area (Å²) in [4.78, 5) is 0. The van der Waals surface area contributed by atoms with E-state index in [0.29, 0.717) is 0 Å². The fraction of sp³-hybridized carbons (Fsp3) is 1.00. The van der Waals surface area contributed by atoms with Crippen molar-refractivity contribution in [3.8, 4) is 0 Å². The van der Waals surface area contributed by atoms with Crippen LogP contribution in [0.25, 0.3) is 0 Å². The monoisotopic (exact) mass is 262 g/mol. The molecule has 0 aromatic carbocycles. The van der Waals surface area contributed by atoms with Crippen molar-refractivity contribution in [2.75, 3.05) is 0 Å². The van der Waals surface area contributed by atoms with Crippen LogP contribution in [0.3, 0.4) is 0 Å². The molecule has 0 atom stereocenters. The summed E-state index contributed by atoms with van der Waals surface area (Å²) in [5, 5.41) is 0. The quantitative estimate of drug-likeness (QED) is 0.503. The van der Waals surface area contributed by atoms with Crippen molar-refractivity contribution >= 4 is 23.1 Å². The first-order valence-corrected chi connectivity index (χ1v) is 2.64. The number of alkyl halides is 10. The normalized spacial score (nSPS) is 14.8. The Morgan fingerprint density at radius 2 is 0.533 bits per heavy atom. The summed E-state index contributed by atoms with van der Waals surface area (Å²) >= 11 is 0. The van der Waals surface area contributed by atoms with Crippen LogP contribution in [0.15, 0.2) is 0 Å². The number of rotatable bonds is 1. The molecular weight excluding hydrogens is 262 g/mol. The van der Waals surface area contributed by atoms with Gasteiger partial charge in [0.1, 0.15) is 0 Å². The van der Waals surface area contributed by atoms with Gasteiger partial charge in [-0.2, -0.15) is 43.9 Å². The van der Waals surface area contributed by atoms with Crippen molar-refractivity contribution in [2.45, 2.75) is 24.2 Å². The van der Waals surface area contributed by atoms with Crippen molar-refractivity contribution in [1.82, 2.24) is 0 Å². The van der Waals surface area contributed by atoms with Gasteiger partial charge in [-0.15, -0.1) is 0 Å². The Labute approximate surface area is 91.8 Å². The lowest BCUT2D eigenvalue weighted by Crippen LogP contribution is -2.59. The Morgan fingerprint density at radius 1 is 0.400 bits per heavy atom. The van der Waals surface area contributed by atoms with Crippen LogP contribution in [0.1, 0.15) is 0 Å². The number of hydrogen-bond acceptors (Lipinski definition) is 0. The highest BCUT2D eigenvalue weighted by Gasteiger charge is 2.82. The molecule has 88 valence electrons.